The lowest BCUT2D eigenvalue weighted by atomic mass is 9.76. The first-order valence-corrected chi connectivity index (χ1v) is 11.3. The minimum Gasteiger partial charge on any atom is -0.482 e. The summed E-state index contributed by atoms with van der Waals surface area (Å²) in [6.07, 6.45) is 3.82. The number of carboxylic acid groups (broad SMARTS) is 1. The maximum absolute atomic E-state index is 12.5. The number of hydrogen-bond donors (Lipinski definition) is 1. The van der Waals surface area contributed by atoms with Crippen molar-refractivity contribution < 1.29 is 33.3 Å². The van der Waals surface area contributed by atoms with Gasteiger partial charge in [0.25, 0.3) is 0 Å². The molecule has 0 radical (unpaired) electrons. The Hall–Kier alpha value is -3.65. The third-order valence-electron chi connectivity index (χ3n) is 6.43. The highest BCUT2D eigenvalue weighted by Gasteiger charge is 2.51. The minimum atomic E-state index is -1.03. The fourth-order valence-electron chi connectivity index (χ4n) is 4.91. The molecule has 3 heterocycles. The Morgan fingerprint density at radius 2 is 1.79 bits per heavy atom. The number of nitrogens with zero attached hydrogens (tertiary/aromatic N) is 1. The van der Waals surface area contributed by atoms with Gasteiger partial charge in [-0.25, -0.2) is 14.6 Å². The van der Waals surface area contributed by atoms with Crippen molar-refractivity contribution in [3.8, 4) is 5.75 Å². The maximum atomic E-state index is 12.5. The van der Waals surface area contributed by atoms with E-state index in [9.17, 15) is 9.59 Å². The van der Waals surface area contributed by atoms with Crippen molar-refractivity contribution in [1.82, 2.24) is 4.98 Å². The molecule has 0 spiro atoms. The normalized spacial score (nSPS) is 23.1. The highest BCUT2D eigenvalue weighted by atomic mass is 16.5. The number of fused-ring (bicyclic) bond motifs is 2. The van der Waals surface area contributed by atoms with Gasteiger partial charge in [0.15, 0.2) is 12.3 Å². The van der Waals surface area contributed by atoms with Crippen LogP contribution in [0.4, 0.5) is 0 Å². The minimum absolute atomic E-state index is 0.0334. The van der Waals surface area contributed by atoms with E-state index in [0.29, 0.717) is 18.1 Å². The van der Waals surface area contributed by atoms with Crippen molar-refractivity contribution >= 4 is 11.9 Å². The van der Waals surface area contributed by atoms with Gasteiger partial charge in [0, 0.05) is 5.92 Å². The Morgan fingerprint density at radius 3 is 2.62 bits per heavy atom. The molecule has 8 heteroatoms. The monoisotopic (exact) mass is 463 g/mol. The first kappa shape index (κ1) is 22.2. The van der Waals surface area contributed by atoms with Crippen LogP contribution in [0.15, 0.2) is 65.3 Å². The number of aliphatic carboxylic acids is 1. The van der Waals surface area contributed by atoms with E-state index in [4.69, 9.17) is 23.7 Å². The van der Waals surface area contributed by atoms with E-state index in [1.165, 1.54) is 6.26 Å². The first-order chi connectivity index (χ1) is 16.6. The van der Waals surface area contributed by atoms with Gasteiger partial charge < -0.3 is 23.7 Å². The number of ether oxygens (including phenoxy) is 3. The number of carbonyl (C=O) groups is 2. The summed E-state index contributed by atoms with van der Waals surface area (Å²) in [6, 6.07) is 16.9. The zero-order valence-corrected chi connectivity index (χ0v) is 18.5. The lowest BCUT2D eigenvalue weighted by Gasteiger charge is -2.26. The summed E-state index contributed by atoms with van der Waals surface area (Å²) in [5.41, 5.74) is 1.94. The molecule has 0 amide bonds. The van der Waals surface area contributed by atoms with E-state index >= 15 is 0 Å². The molecule has 2 aromatic carbocycles. The third kappa shape index (κ3) is 4.68. The Labute approximate surface area is 196 Å². The average Bonchev–Trinajstić information content (AvgIpc) is 3.59. The Bertz CT molecular complexity index is 1160. The summed E-state index contributed by atoms with van der Waals surface area (Å²) in [4.78, 5) is 27.9. The second kappa shape index (κ2) is 9.69. The van der Waals surface area contributed by atoms with E-state index in [1.807, 2.05) is 48.5 Å². The van der Waals surface area contributed by atoms with E-state index in [-0.39, 0.29) is 36.3 Å². The molecule has 0 saturated carbocycles. The molecule has 34 heavy (non-hydrogen) atoms. The lowest BCUT2D eigenvalue weighted by Crippen LogP contribution is -2.28. The molecule has 4 atom stereocenters. The highest BCUT2D eigenvalue weighted by Crippen LogP contribution is 2.50. The fourth-order valence-corrected chi connectivity index (χ4v) is 4.91. The van der Waals surface area contributed by atoms with Crippen molar-refractivity contribution in [2.45, 2.75) is 44.0 Å². The van der Waals surface area contributed by atoms with Gasteiger partial charge in [-0.15, -0.1) is 0 Å². The smallest absolute Gasteiger partial charge is 0.360 e. The van der Waals surface area contributed by atoms with Crippen LogP contribution >= 0.6 is 0 Å². The van der Waals surface area contributed by atoms with Gasteiger partial charge in [0.05, 0.1) is 18.1 Å². The summed E-state index contributed by atoms with van der Waals surface area (Å²) in [5, 5.41) is 8.97. The average molecular weight is 463 g/mol. The van der Waals surface area contributed by atoms with Gasteiger partial charge in [-0.05, 0) is 36.5 Å². The van der Waals surface area contributed by atoms with Gasteiger partial charge in [0.1, 0.15) is 18.6 Å². The van der Waals surface area contributed by atoms with Crippen LogP contribution < -0.4 is 4.74 Å². The van der Waals surface area contributed by atoms with E-state index in [0.717, 1.165) is 24.0 Å². The molecular weight excluding hydrogens is 438 g/mol. The maximum Gasteiger partial charge on any atom is 0.360 e. The van der Waals surface area contributed by atoms with Gasteiger partial charge in [-0.3, -0.25) is 0 Å². The van der Waals surface area contributed by atoms with Crippen LogP contribution in [0.5, 0.6) is 5.75 Å². The van der Waals surface area contributed by atoms with Crippen LogP contribution in [0.25, 0.3) is 0 Å². The number of para-hydroxylation sites is 1. The molecule has 0 unspecified atom stereocenters. The zero-order chi connectivity index (χ0) is 23.5. The van der Waals surface area contributed by atoms with Crippen LogP contribution in [0.1, 0.15) is 46.3 Å². The molecule has 1 aromatic heterocycles. The number of esters is 1. The van der Waals surface area contributed by atoms with Crippen LogP contribution in [0.2, 0.25) is 0 Å². The molecule has 176 valence electrons. The fraction of sp³-hybridized carbons (Fsp3) is 0.346. The first-order valence-electron chi connectivity index (χ1n) is 11.3. The number of carbonyl (C=O) groups excluding carboxylic acids is 1. The standard InChI is InChI=1S/C26H25NO7/c28-23(29)15-31-20-9-5-4-8-17(20)12-18-21-10-11-22(34-21)24(18)25-27-19(14-32-25)26(30)33-13-16-6-2-1-3-7-16/h1-9,14,18,21-22,24H,10-13,15H2,(H,28,29)/t18-,21-,22+,24-/m0/s1. The summed E-state index contributed by atoms with van der Waals surface area (Å²) >= 11 is 0. The second-order valence-corrected chi connectivity index (χ2v) is 8.61. The van der Waals surface area contributed by atoms with E-state index < -0.39 is 18.5 Å². The summed E-state index contributed by atoms with van der Waals surface area (Å²) < 4.78 is 22.8. The van der Waals surface area contributed by atoms with Crippen LogP contribution in [-0.2, 0) is 27.3 Å². The molecule has 2 aliphatic rings. The molecule has 2 bridgehead atoms. The molecule has 0 aliphatic carbocycles. The predicted octanol–water partition coefficient (Wildman–Crippen LogP) is 4.00. The SMILES string of the molecule is O=C(O)COc1ccccc1C[C@@H]1[C@H](c2nc(C(=O)OCc3ccccc3)co2)[C@H]2CC[C@@H]1O2. The third-order valence-corrected chi connectivity index (χ3v) is 6.43. The van der Waals surface area contributed by atoms with Crippen molar-refractivity contribution in [3.05, 3.63) is 83.6 Å². The molecule has 5 rings (SSSR count). The Balaban J connectivity index is 1.30. The summed E-state index contributed by atoms with van der Waals surface area (Å²) in [6.45, 7) is -0.239. The molecule has 2 aliphatic heterocycles. The summed E-state index contributed by atoms with van der Waals surface area (Å²) in [5.74, 6) is -0.590. The number of aromatic nitrogens is 1. The number of benzene rings is 2. The van der Waals surface area contributed by atoms with E-state index in [2.05, 4.69) is 4.98 Å². The molecule has 1 N–H and O–H groups in total. The van der Waals surface area contributed by atoms with Crippen LogP contribution in [0.3, 0.4) is 0 Å². The molecule has 8 nitrogen and oxygen atoms in total. The Morgan fingerprint density at radius 1 is 1.03 bits per heavy atom. The van der Waals surface area contributed by atoms with Crippen molar-refractivity contribution in [1.29, 1.82) is 0 Å². The number of carboxylic acids is 1. The number of rotatable bonds is 9. The van der Waals surface area contributed by atoms with Crippen LogP contribution in [0, 0.1) is 5.92 Å². The van der Waals surface area contributed by atoms with E-state index in [1.54, 1.807) is 6.07 Å². The number of hydrogen-bond acceptors (Lipinski definition) is 7. The van der Waals surface area contributed by atoms with Crippen molar-refractivity contribution in [2.24, 2.45) is 5.92 Å². The zero-order valence-electron chi connectivity index (χ0n) is 18.5. The van der Waals surface area contributed by atoms with Gasteiger partial charge >= 0.3 is 11.9 Å². The highest BCUT2D eigenvalue weighted by molar-refractivity contribution is 5.86. The van der Waals surface area contributed by atoms with Gasteiger partial charge in [-0.2, -0.15) is 0 Å². The quantitative estimate of drug-likeness (QED) is 0.475. The molecular formula is C26H25NO7. The predicted molar refractivity (Wildman–Crippen MR) is 119 cm³/mol. The van der Waals surface area contributed by atoms with Gasteiger partial charge in [0.2, 0.25) is 5.89 Å². The van der Waals surface area contributed by atoms with Crippen molar-refractivity contribution in [2.75, 3.05) is 6.61 Å². The molecule has 2 saturated heterocycles. The van der Waals surface area contributed by atoms with Crippen LogP contribution in [-0.4, -0.2) is 40.8 Å². The lowest BCUT2D eigenvalue weighted by molar-refractivity contribution is -0.139. The van der Waals surface area contributed by atoms with Gasteiger partial charge in [-0.1, -0.05) is 48.5 Å². The summed E-state index contributed by atoms with van der Waals surface area (Å²) in [7, 11) is 0. The van der Waals surface area contributed by atoms with Crippen molar-refractivity contribution in [3.63, 3.8) is 0 Å². The Kier molecular flexibility index (Phi) is 6.31. The molecule has 3 aromatic rings. The second-order valence-electron chi connectivity index (χ2n) is 8.61. The topological polar surface area (TPSA) is 108 Å². The number of oxazole rings is 1. The molecule has 2 fully saturated rings. The largest absolute Gasteiger partial charge is 0.482 e.